The summed E-state index contributed by atoms with van der Waals surface area (Å²) in [6.45, 7) is 4.20. The molecular weight excluding hydrogens is 315 g/mol. The highest BCUT2D eigenvalue weighted by Gasteiger charge is 2.58. The smallest absolute Gasteiger partial charge is 0.425 e. The van der Waals surface area contributed by atoms with Gasteiger partial charge in [0.1, 0.15) is 11.5 Å². The molecule has 1 fully saturated rings. The minimum atomic E-state index is -5.03. The van der Waals surface area contributed by atoms with E-state index < -0.39 is 29.9 Å². The Morgan fingerprint density at radius 3 is 2.65 bits per heavy atom. The Labute approximate surface area is 131 Å². The number of nitrogens with one attached hydrogen (secondary N) is 1. The number of furan rings is 1. The molecule has 1 saturated heterocycles. The van der Waals surface area contributed by atoms with Crippen LogP contribution in [-0.4, -0.2) is 36.4 Å². The fourth-order valence-electron chi connectivity index (χ4n) is 2.59. The molecule has 0 aliphatic carbocycles. The molecule has 1 aromatic rings. The van der Waals surface area contributed by atoms with Crippen LogP contribution in [0.15, 0.2) is 16.5 Å². The lowest BCUT2D eigenvalue weighted by atomic mass is 9.94. The highest BCUT2D eigenvalue weighted by Crippen LogP contribution is 2.42. The molecule has 2 rings (SSSR count). The Morgan fingerprint density at radius 1 is 1.48 bits per heavy atom. The molecule has 5 nitrogen and oxygen atoms in total. The van der Waals surface area contributed by atoms with Crippen molar-refractivity contribution in [3.8, 4) is 0 Å². The van der Waals surface area contributed by atoms with E-state index in [0.29, 0.717) is 13.2 Å². The van der Waals surface area contributed by atoms with Gasteiger partial charge in [-0.05, 0) is 32.4 Å². The molecule has 0 spiro atoms. The van der Waals surface area contributed by atoms with Crippen LogP contribution in [0.4, 0.5) is 13.2 Å². The average molecular weight is 335 g/mol. The third-order valence-electron chi connectivity index (χ3n) is 4.09. The fraction of sp³-hybridized carbons (Fsp3) is 0.667. The first-order chi connectivity index (χ1) is 10.6. The molecule has 1 aliphatic heterocycles. The van der Waals surface area contributed by atoms with Gasteiger partial charge in [-0.25, -0.2) is 0 Å². The minimum Gasteiger partial charge on any atom is -0.463 e. The second kappa shape index (κ2) is 6.52. The van der Waals surface area contributed by atoms with Crippen molar-refractivity contribution in [2.24, 2.45) is 5.92 Å². The molecule has 1 amide bonds. The van der Waals surface area contributed by atoms with Crippen LogP contribution < -0.4 is 5.32 Å². The number of hydrogen-bond donors (Lipinski definition) is 2. The first-order valence-electron chi connectivity index (χ1n) is 7.36. The number of hydrogen-bond acceptors (Lipinski definition) is 4. The van der Waals surface area contributed by atoms with Gasteiger partial charge in [-0.2, -0.15) is 13.2 Å². The van der Waals surface area contributed by atoms with Crippen LogP contribution in [-0.2, 0) is 15.1 Å². The topological polar surface area (TPSA) is 71.7 Å². The van der Waals surface area contributed by atoms with Crippen molar-refractivity contribution < 1.29 is 32.2 Å². The Morgan fingerprint density at radius 2 is 2.17 bits per heavy atom. The predicted octanol–water partition coefficient (Wildman–Crippen LogP) is 2.27. The van der Waals surface area contributed by atoms with E-state index in [1.165, 1.54) is 13.0 Å². The number of alkyl halides is 3. The summed E-state index contributed by atoms with van der Waals surface area (Å²) in [4.78, 5) is 12.0. The Balaban J connectivity index is 2.10. The third-order valence-corrected chi connectivity index (χ3v) is 4.09. The van der Waals surface area contributed by atoms with Crippen molar-refractivity contribution in [3.63, 3.8) is 0 Å². The Kier molecular flexibility index (Phi) is 5.05. The number of carbonyl (C=O) groups is 1. The number of aryl methyl sites for hydroxylation is 1. The maximum absolute atomic E-state index is 13.3. The van der Waals surface area contributed by atoms with E-state index in [1.807, 2.05) is 0 Å². The van der Waals surface area contributed by atoms with E-state index in [9.17, 15) is 23.1 Å². The monoisotopic (exact) mass is 335 g/mol. The Bertz CT molecular complexity index is 551. The quantitative estimate of drug-likeness (QED) is 0.866. The third kappa shape index (κ3) is 3.87. The number of carbonyl (C=O) groups excluding carboxylic acids is 1. The second-order valence-electron chi connectivity index (χ2n) is 5.92. The second-order valence-corrected chi connectivity index (χ2v) is 5.92. The summed E-state index contributed by atoms with van der Waals surface area (Å²) in [6, 6.07) is 2.01. The van der Waals surface area contributed by atoms with E-state index in [0.717, 1.165) is 12.5 Å². The van der Waals surface area contributed by atoms with Gasteiger partial charge in [0.15, 0.2) is 0 Å². The van der Waals surface area contributed by atoms with Crippen LogP contribution in [0.25, 0.3) is 0 Å². The zero-order valence-electron chi connectivity index (χ0n) is 12.9. The van der Waals surface area contributed by atoms with Crippen molar-refractivity contribution in [1.29, 1.82) is 0 Å². The molecule has 3 atom stereocenters. The molecule has 2 N–H and O–H groups in total. The zero-order chi connectivity index (χ0) is 17.3. The van der Waals surface area contributed by atoms with Crippen LogP contribution in [0.2, 0.25) is 0 Å². The molecule has 2 heterocycles. The standard InChI is InChI=1S/C15H20F3NO4/c1-9-3-4-12(23-9)14(21,15(16,17)18)7-13(20)19-10(2)11-5-6-22-8-11/h3-4,10-11,21H,5-8H2,1-2H3,(H,19,20). The van der Waals surface area contributed by atoms with Crippen LogP contribution in [0, 0.1) is 12.8 Å². The van der Waals surface area contributed by atoms with Gasteiger partial charge in [0.25, 0.3) is 0 Å². The molecule has 0 saturated carbocycles. The fourth-order valence-corrected chi connectivity index (χ4v) is 2.59. The summed E-state index contributed by atoms with van der Waals surface area (Å²) < 4.78 is 50.0. The van der Waals surface area contributed by atoms with Gasteiger partial charge in [0, 0.05) is 18.6 Å². The molecule has 130 valence electrons. The van der Waals surface area contributed by atoms with Gasteiger partial charge in [-0.15, -0.1) is 0 Å². The van der Waals surface area contributed by atoms with E-state index >= 15 is 0 Å². The molecule has 8 heteroatoms. The summed E-state index contributed by atoms with van der Waals surface area (Å²) in [5, 5.41) is 12.6. The summed E-state index contributed by atoms with van der Waals surface area (Å²) >= 11 is 0. The van der Waals surface area contributed by atoms with E-state index in [-0.39, 0.29) is 17.7 Å². The van der Waals surface area contributed by atoms with Crippen LogP contribution in [0.1, 0.15) is 31.3 Å². The highest BCUT2D eigenvalue weighted by atomic mass is 19.4. The maximum atomic E-state index is 13.3. The van der Waals surface area contributed by atoms with Crippen molar-refractivity contribution in [2.45, 2.75) is 44.5 Å². The Hall–Kier alpha value is -1.54. The van der Waals surface area contributed by atoms with Gasteiger partial charge in [0.05, 0.1) is 13.0 Å². The number of aliphatic hydroxyl groups is 1. The summed E-state index contributed by atoms with van der Waals surface area (Å²) in [6.07, 6.45) is -5.45. The SMILES string of the molecule is Cc1ccc(C(O)(CC(=O)NC(C)C2CCOC2)C(F)(F)F)o1. The summed E-state index contributed by atoms with van der Waals surface area (Å²) in [5.41, 5.74) is -3.35. The first kappa shape index (κ1) is 17.8. The largest absolute Gasteiger partial charge is 0.463 e. The van der Waals surface area contributed by atoms with E-state index in [1.54, 1.807) is 6.92 Å². The van der Waals surface area contributed by atoms with Crippen LogP contribution in [0.5, 0.6) is 0 Å². The summed E-state index contributed by atoms with van der Waals surface area (Å²) in [5.74, 6) is -1.30. The lowest BCUT2D eigenvalue weighted by Gasteiger charge is -2.29. The molecule has 0 aromatic carbocycles. The van der Waals surface area contributed by atoms with Crippen LogP contribution in [0.3, 0.4) is 0 Å². The van der Waals surface area contributed by atoms with Crippen molar-refractivity contribution >= 4 is 5.91 Å². The van der Waals surface area contributed by atoms with Crippen molar-refractivity contribution in [1.82, 2.24) is 5.32 Å². The number of ether oxygens (including phenoxy) is 1. The van der Waals surface area contributed by atoms with Gasteiger partial charge >= 0.3 is 6.18 Å². The van der Waals surface area contributed by atoms with E-state index in [4.69, 9.17) is 9.15 Å². The highest BCUT2D eigenvalue weighted by molar-refractivity contribution is 5.77. The van der Waals surface area contributed by atoms with Crippen molar-refractivity contribution in [2.75, 3.05) is 13.2 Å². The number of amides is 1. The lowest BCUT2D eigenvalue weighted by molar-refractivity contribution is -0.273. The van der Waals surface area contributed by atoms with Gasteiger partial charge in [-0.1, -0.05) is 0 Å². The molecule has 1 aromatic heterocycles. The summed E-state index contributed by atoms with van der Waals surface area (Å²) in [7, 11) is 0. The normalized spacial score (nSPS) is 22.6. The molecular formula is C15H20F3NO4. The average Bonchev–Trinajstić information content (AvgIpc) is 3.07. The first-order valence-corrected chi connectivity index (χ1v) is 7.36. The van der Waals surface area contributed by atoms with Crippen LogP contribution >= 0.6 is 0 Å². The number of halogens is 3. The minimum absolute atomic E-state index is 0.0591. The van der Waals surface area contributed by atoms with Gasteiger partial charge in [-0.3, -0.25) is 4.79 Å². The van der Waals surface area contributed by atoms with Gasteiger partial charge in [0.2, 0.25) is 11.5 Å². The number of rotatable bonds is 5. The van der Waals surface area contributed by atoms with Gasteiger partial charge < -0.3 is 19.6 Å². The lowest BCUT2D eigenvalue weighted by Crippen LogP contribution is -2.48. The zero-order valence-corrected chi connectivity index (χ0v) is 12.9. The molecule has 0 radical (unpaired) electrons. The molecule has 0 bridgehead atoms. The van der Waals surface area contributed by atoms with Crippen molar-refractivity contribution in [3.05, 3.63) is 23.7 Å². The predicted molar refractivity (Wildman–Crippen MR) is 74.5 cm³/mol. The maximum Gasteiger partial charge on any atom is 0.425 e. The van der Waals surface area contributed by atoms with E-state index in [2.05, 4.69) is 5.32 Å². The molecule has 23 heavy (non-hydrogen) atoms. The molecule has 1 aliphatic rings. The molecule has 3 unspecified atom stereocenters.